The Bertz CT molecular complexity index is 344. The highest BCUT2D eigenvalue weighted by Crippen LogP contribution is 2.23. The number of anilines is 1. The quantitative estimate of drug-likeness (QED) is 0.733. The summed E-state index contributed by atoms with van der Waals surface area (Å²) >= 11 is 0. The van der Waals surface area contributed by atoms with Gasteiger partial charge in [0, 0.05) is 18.8 Å². The van der Waals surface area contributed by atoms with Gasteiger partial charge >= 0.3 is 0 Å². The van der Waals surface area contributed by atoms with Crippen LogP contribution in [0.1, 0.15) is 38.2 Å². The van der Waals surface area contributed by atoms with Crippen LogP contribution < -0.4 is 4.90 Å². The summed E-state index contributed by atoms with van der Waals surface area (Å²) in [7, 11) is 0. The van der Waals surface area contributed by atoms with Gasteiger partial charge in [-0.05, 0) is 49.0 Å². The van der Waals surface area contributed by atoms with Crippen LogP contribution >= 0.6 is 0 Å². The molecule has 1 saturated heterocycles. The summed E-state index contributed by atoms with van der Waals surface area (Å²) in [5, 5.41) is 0. The Morgan fingerprint density at radius 3 is 2.31 bits per heavy atom. The fraction of sp³-hybridized carbons (Fsp3) is 0.467. The molecule has 1 nitrogen and oxygen atoms in total. The summed E-state index contributed by atoms with van der Waals surface area (Å²) in [5.41, 5.74) is 3.88. The smallest absolute Gasteiger partial charge is 0.0366 e. The van der Waals surface area contributed by atoms with Crippen molar-refractivity contribution >= 4 is 11.3 Å². The molecule has 1 heterocycles. The molecule has 0 aliphatic carbocycles. The lowest BCUT2D eigenvalue weighted by Crippen LogP contribution is -2.29. The van der Waals surface area contributed by atoms with Crippen molar-refractivity contribution in [1.82, 2.24) is 0 Å². The summed E-state index contributed by atoms with van der Waals surface area (Å²) in [5.74, 6) is 0. The van der Waals surface area contributed by atoms with Gasteiger partial charge in [0.15, 0.2) is 0 Å². The highest BCUT2D eigenvalue weighted by molar-refractivity contribution is 5.65. The van der Waals surface area contributed by atoms with Crippen LogP contribution in [0.5, 0.6) is 0 Å². The van der Waals surface area contributed by atoms with Crippen molar-refractivity contribution in [2.45, 2.75) is 32.6 Å². The molecule has 0 atom stereocenters. The van der Waals surface area contributed by atoms with Crippen LogP contribution in [0.2, 0.25) is 0 Å². The third-order valence-electron chi connectivity index (χ3n) is 3.42. The van der Waals surface area contributed by atoms with E-state index in [2.05, 4.69) is 42.7 Å². The topological polar surface area (TPSA) is 3.24 Å². The normalized spacial score (nSPS) is 16.2. The minimum atomic E-state index is 1.03. The van der Waals surface area contributed by atoms with Gasteiger partial charge in [0.25, 0.3) is 0 Å². The van der Waals surface area contributed by atoms with E-state index in [0.29, 0.717) is 0 Å². The van der Waals surface area contributed by atoms with Gasteiger partial charge in [0.1, 0.15) is 0 Å². The fourth-order valence-corrected chi connectivity index (χ4v) is 2.26. The molecular formula is C15H21N. The average Bonchev–Trinajstić information content (AvgIpc) is 2.39. The maximum Gasteiger partial charge on any atom is 0.0366 e. The second-order valence-electron chi connectivity index (χ2n) is 4.55. The maximum absolute atomic E-state index is 4.07. The molecule has 1 aliphatic heterocycles. The van der Waals surface area contributed by atoms with Gasteiger partial charge in [-0.15, -0.1) is 0 Å². The van der Waals surface area contributed by atoms with Gasteiger partial charge in [0.05, 0.1) is 0 Å². The van der Waals surface area contributed by atoms with E-state index in [1.807, 2.05) is 0 Å². The van der Waals surface area contributed by atoms with Crippen molar-refractivity contribution in [2.24, 2.45) is 0 Å². The summed E-state index contributed by atoms with van der Waals surface area (Å²) in [6.07, 6.45) is 5.09. The SMILES string of the molecule is C=C(CC)c1ccc(N2CCCCC2)cc1. The first kappa shape index (κ1) is 11.3. The molecule has 1 aliphatic rings. The summed E-state index contributed by atoms with van der Waals surface area (Å²) in [4.78, 5) is 2.49. The first-order valence-electron chi connectivity index (χ1n) is 6.34. The van der Waals surface area contributed by atoms with Crippen LogP contribution in [0.15, 0.2) is 30.8 Å². The van der Waals surface area contributed by atoms with Crippen molar-refractivity contribution in [2.75, 3.05) is 18.0 Å². The Hall–Kier alpha value is -1.24. The van der Waals surface area contributed by atoms with E-state index >= 15 is 0 Å². The molecule has 0 amide bonds. The molecule has 0 saturated carbocycles. The molecule has 16 heavy (non-hydrogen) atoms. The van der Waals surface area contributed by atoms with Crippen molar-refractivity contribution < 1.29 is 0 Å². The van der Waals surface area contributed by atoms with Crippen LogP contribution in [0.3, 0.4) is 0 Å². The first-order chi connectivity index (χ1) is 7.81. The molecule has 0 spiro atoms. The van der Waals surface area contributed by atoms with Gasteiger partial charge in [-0.2, -0.15) is 0 Å². The Morgan fingerprint density at radius 2 is 1.75 bits per heavy atom. The van der Waals surface area contributed by atoms with Gasteiger partial charge < -0.3 is 4.90 Å². The van der Waals surface area contributed by atoms with E-state index in [1.54, 1.807) is 0 Å². The second kappa shape index (κ2) is 5.20. The minimum absolute atomic E-state index is 1.03. The molecule has 1 aromatic rings. The Kier molecular flexibility index (Phi) is 3.66. The highest BCUT2D eigenvalue weighted by atomic mass is 15.1. The predicted octanol–water partition coefficient (Wildman–Crippen LogP) is 4.10. The predicted molar refractivity (Wildman–Crippen MR) is 71.8 cm³/mol. The standard InChI is InChI=1S/C15H21N/c1-3-13(2)14-7-9-15(10-8-14)16-11-5-4-6-12-16/h7-10H,2-6,11-12H2,1H3. The molecule has 0 radical (unpaired) electrons. The van der Waals surface area contributed by atoms with Gasteiger partial charge in [-0.1, -0.05) is 25.6 Å². The maximum atomic E-state index is 4.07. The number of piperidine rings is 1. The van der Waals surface area contributed by atoms with Crippen molar-refractivity contribution in [3.63, 3.8) is 0 Å². The molecule has 2 rings (SSSR count). The van der Waals surface area contributed by atoms with Crippen molar-refractivity contribution in [3.8, 4) is 0 Å². The first-order valence-corrected chi connectivity index (χ1v) is 6.34. The summed E-state index contributed by atoms with van der Waals surface area (Å²) < 4.78 is 0. The number of rotatable bonds is 3. The summed E-state index contributed by atoms with van der Waals surface area (Å²) in [6, 6.07) is 8.88. The van der Waals surface area contributed by atoms with E-state index in [0.717, 1.165) is 6.42 Å². The Balaban J connectivity index is 2.09. The van der Waals surface area contributed by atoms with Crippen LogP contribution in [-0.2, 0) is 0 Å². The van der Waals surface area contributed by atoms with E-state index in [-0.39, 0.29) is 0 Å². The molecule has 1 fully saturated rings. The highest BCUT2D eigenvalue weighted by Gasteiger charge is 2.10. The van der Waals surface area contributed by atoms with E-state index in [1.165, 1.54) is 49.2 Å². The average molecular weight is 215 g/mol. The van der Waals surface area contributed by atoms with Crippen LogP contribution in [0.25, 0.3) is 5.57 Å². The molecular weight excluding hydrogens is 194 g/mol. The lowest BCUT2D eigenvalue weighted by molar-refractivity contribution is 0.578. The Morgan fingerprint density at radius 1 is 1.12 bits per heavy atom. The monoisotopic (exact) mass is 215 g/mol. The number of nitrogens with zero attached hydrogens (tertiary/aromatic N) is 1. The molecule has 0 N–H and O–H groups in total. The van der Waals surface area contributed by atoms with Crippen LogP contribution in [0.4, 0.5) is 5.69 Å². The van der Waals surface area contributed by atoms with E-state index < -0.39 is 0 Å². The molecule has 0 bridgehead atoms. The number of hydrogen-bond donors (Lipinski definition) is 0. The van der Waals surface area contributed by atoms with Gasteiger partial charge in [-0.3, -0.25) is 0 Å². The van der Waals surface area contributed by atoms with E-state index in [9.17, 15) is 0 Å². The third-order valence-corrected chi connectivity index (χ3v) is 3.42. The minimum Gasteiger partial charge on any atom is -0.372 e. The molecule has 86 valence electrons. The van der Waals surface area contributed by atoms with Crippen LogP contribution in [-0.4, -0.2) is 13.1 Å². The Labute approximate surface area is 98.8 Å². The molecule has 0 aromatic heterocycles. The lowest BCUT2D eigenvalue weighted by atomic mass is 10.0. The lowest BCUT2D eigenvalue weighted by Gasteiger charge is -2.28. The zero-order chi connectivity index (χ0) is 11.4. The zero-order valence-corrected chi connectivity index (χ0v) is 10.2. The number of benzene rings is 1. The molecule has 1 aromatic carbocycles. The van der Waals surface area contributed by atoms with Crippen molar-refractivity contribution in [3.05, 3.63) is 36.4 Å². The van der Waals surface area contributed by atoms with Gasteiger partial charge in [0.2, 0.25) is 0 Å². The molecule has 1 heteroatoms. The second-order valence-corrected chi connectivity index (χ2v) is 4.55. The zero-order valence-electron chi connectivity index (χ0n) is 10.2. The third kappa shape index (κ3) is 2.46. The largest absolute Gasteiger partial charge is 0.372 e. The number of hydrogen-bond acceptors (Lipinski definition) is 1. The van der Waals surface area contributed by atoms with Crippen molar-refractivity contribution in [1.29, 1.82) is 0 Å². The molecule has 0 unspecified atom stereocenters. The van der Waals surface area contributed by atoms with E-state index in [4.69, 9.17) is 0 Å². The number of allylic oxidation sites excluding steroid dienone is 1. The summed E-state index contributed by atoms with van der Waals surface area (Å²) in [6.45, 7) is 8.66. The fourth-order valence-electron chi connectivity index (χ4n) is 2.26. The van der Waals surface area contributed by atoms with Crippen LogP contribution in [0, 0.1) is 0 Å². The van der Waals surface area contributed by atoms with Gasteiger partial charge in [-0.25, -0.2) is 0 Å².